The van der Waals surface area contributed by atoms with Crippen LogP contribution in [0.25, 0.3) is 0 Å². The van der Waals surface area contributed by atoms with E-state index in [1.807, 2.05) is 0 Å². The number of aliphatic carboxylic acids is 3. The van der Waals surface area contributed by atoms with Crippen LogP contribution in [0, 0.1) is 17.3 Å². The van der Waals surface area contributed by atoms with E-state index in [9.17, 15) is 14.4 Å². The second-order valence-electron chi connectivity index (χ2n) is 3.08. The van der Waals surface area contributed by atoms with Crippen LogP contribution in [0.2, 0.25) is 0 Å². The van der Waals surface area contributed by atoms with Gasteiger partial charge in [0.15, 0.2) is 5.41 Å². The quantitative estimate of drug-likeness (QED) is 0.514. The lowest BCUT2D eigenvalue weighted by molar-refractivity contribution is -0.161. The summed E-state index contributed by atoms with van der Waals surface area (Å²) in [5, 5.41) is 25.8. The summed E-state index contributed by atoms with van der Waals surface area (Å²) < 4.78 is 0. The van der Waals surface area contributed by atoms with Crippen molar-refractivity contribution in [2.45, 2.75) is 6.92 Å². The maximum atomic E-state index is 10.6. The monoisotopic (exact) mass is 188 g/mol. The van der Waals surface area contributed by atoms with Gasteiger partial charge in [-0.1, -0.05) is 6.92 Å². The fourth-order valence-electron chi connectivity index (χ4n) is 1.72. The smallest absolute Gasteiger partial charge is 0.322 e. The molecule has 72 valence electrons. The summed E-state index contributed by atoms with van der Waals surface area (Å²) in [5.41, 5.74) is -2.12. The lowest BCUT2D eigenvalue weighted by Gasteiger charge is -2.03. The van der Waals surface area contributed by atoms with Gasteiger partial charge in [0.05, 0.1) is 5.92 Å². The molecular weight excluding hydrogens is 180 g/mol. The van der Waals surface area contributed by atoms with Crippen molar-refractivity contribution in [3.8, 4) is 0 Å². The molecule has 1 fully saturated rings. The molecule has 0 aromatic heterocycles. The molecule has 0 saturated heterocycles. The van der Waals surface area contributed by atoms with Crippen molar-refractivity contribution < 1.29 is 29.7 Å². The number of carboxylic acid groups (broad SMARTS) is 3. The Morgan fingerprint density at radius 3 is 1.54 bits per heavy atom. The predicted molar refractivity (Wildman–Crippen MR) is 38.0 cm³/mol. The van der Waals surface area contributed by atoms with Crippen molar-refractivity contribution in [1.82, 2.24) is 0 Å². The van der Waals surface area contributed by atoms with Gasteiger partial charge in [-0.3, -0.25) is 14.4 Å². The Labute approximate surface area is 72.8 Å². The molecule has 6 heteroatoms. The maximum absolute atomic E-state index is 10.6. The van der Waals surface area contributed by atoms with Gasteiger partial charge < -0.3 is 15.3 Å². The highest BCUT2D eigenvalue weighted by Crippen LogP contribution is 2.59. The number of hydrogen-bond acceptors (Lipinski definition) is 3. The topological polar surface area (TPSA) is 112 Å². The van der Waals surface area contributed by atoms with Gasteiger partial charge in [0.25, 0.3) is 0 Å². The summed E-state index contributed by atoms with van der Waals surface area (Å²) in [6.45, 7) is 1.31. The Bertz CT molecular complexity index is 279. The molecule has 1 saturated carbocycles. The highest BCUT2D eigenvalue weighted by atomic mass is 16.4. The van der Waals surface area contributed by atoms with E-state index in [1.165, 1.54) is 6.92 Å². The van der Waals surface area contributed by atoms with E-state index >= 15 is 0 Å². The Morgan fingerprint density at radius 2 is 1.46 bits per heavy atom. The highest BCUT2D eigenvalue weighted by Gasteiger charge is 2.76. The van der Waals surface area contributed by atoms with Crippen LogP contribution in [0.5, 0.6) is 0 Å². The zero-order chi connectivity index (χ0) is 10.4. The van der Waals surface area contributed by atoms with Crippen molar-refractivity contribution in [1.29, 1.82) is 0 Å². The third-order valence-corrected chi connectivity index (χ3v) is 2.57. The van der Waals surface area contributed by atoms with Crippen molar-refractivity contribution in [2.24, 2.45) is 17.3 Å². The fraction of sp³-hybridized carbons (Fsp3) is 0.571. The van der Waals surface area contributed by atoms with Crippen LogP contribution in [-0.2, 0) is 14.4 Å². The Balaban J connectivity index is 3.06. The summed E-state index contributed by atoms with van der Waals surface area (Å²) in [4.78, 5) is 31.7. The largest absolute Gasteiger partial charge is 0.481 e. The van der Waals surface area contributed by atoms with Crippen LogP contribution in [0.4, 0.5) is 0 Å². The van der Waals surface area contributed by atoms with Crippen LogP contribution in [-0.4, -0.2) is 33.2 Å². The first kappa shape index (κ1) is 9.50. The molecule has 0 aromatic rings. The lowest BCUT2D eigenvalue weighted by atomic mass is 10.0. The van der Waals surface area contributed by atoms with Gasteiger partial charge in [-0.05, 0) is 5.92 Å². The van der Waals surface area contributed by atoms with Crippen molar-refractivity contribution in [3.05, 3.63) is 0 Å². The number of carbonyl (C=O) groups is 3. The molecule has 0 spiro atoms. The second-order valence-corrected chi connectivity index (χ2v) is 3.08. The second kappa shape index (κ2) is 2.45. The van der Waals surface area contributed by atoms with Crippen LogP contribution >= 0.6 is 0 Å². The molecule has 13 heavy (non-hydrogen) atoms. The fourth-order valence-corrected chi connectivity index (χ4v) is 1.72. The van der Waals surface area contributed by atoms with Crippen LogP contribution in [0.15, 0.2) is 0 Å². The first-order chi connectivity index (χ1) is 5.86. The molecule has 0 radical (unpaired) electrons. The zero-order valence-electron chi connectivity index (χ0n) is 6.72. The zero-order valence-corrected chi connectivity index (χ0v) is 6.72. The van der Waals surface area contributed by atoms with Gasteiger partial charge in [0, 0.05) is 0 Å². The lowest BCUT2D eigenvalue weighted by Crippen LogP contribution is -2.30. The van der Waals surface area contributed by atoms with Crippen molar-refractivity contribution >= 4 is 17.9 Å². The van der Waals surface area contributed by atoms with Gasteiger partial charge in [0.2, 0.25) is 0 Å². The Morgan fingerprint density at radius 1 is 1.08 bits per heavy atom. The van der Waals surface area contributed by atoms with E-state index in [4.69, 9.17) is 15.3 Å². The van der Waals surface area contributed by atoms with E-state index < -0.39 is 35.2 Å². The van der Waals surface area contributed by atoms with E-state index in [0.717, 1.165) is 0 Å². The Kier molecular flexibility index (Phi) is 1.79. The number of hydrogen-bond donors (Lipinski definition) is 3. The predicted octanol–water partition coefficient (Wildman–Crippen LogP) is -0.508. The minimum Gasteiger partial charge on any atom is -0.481 e. The van der Waals surface area contributed by atoms with Crippen molar-refractivity contribution in [2.75, 3.05) is 0 Å². The van der Waals surface area contributed by atoms with E-state index in [0.29, 0.717) is 0 Å². The van der Waals surface area contributed by atoms with Crippen molar-refractivity contribution in [3.63, 3.8) is 0 Å². The Hall–Kier alpha value is -1.59. The summed E-state index contributed by atoms with van der Waals surface area (Å²) >= 11 is 0. The van der Waals surface area contributed by atoms with E-state index in [1.54, 1.807) is 0 Å². The molecule has 0 aliphatic heterocycles. The highest BCUT2D eigenvalue weighted by molar-refractivity contribution is 6.08. The molecule has 1 rings (SSSR count). The molecule has 0 unspecified atom stereocenters. The SMILES string of the molecule is C[C@@H]1[C@@H](C(=O)O)C1(C(=O)O)C(=O)O. The molecule has 1 aliphatic rings. The summed E-state index contributed by atoms with van der Waals surface area (Å²) in [5.74, 6) is -6.72. The molecule has 6 nitrogen and oxygen atoms in total. The average Bonchev–Trinajstić information content (AvgIpc) is 2.56. The molecule has 0 bridgehead atoms. The van der Waals surface area contributed by atoms with E-state index in [-0.39, 0.29) is 0 Å². The molecule has 0 heterocycles. The summed E-state index contributed by atoms with van der Waals surface area (Å²) in [6.07, 6.45) is 0. The average molecular weight is 188 g/mol. The number of carboxylic acids is 3. The maximum Gasteiger partial charge on any atom is 0.322 e. The molecular formula is C7H8O6. The normalized spacial score (nSPS) is 29.3. The van der Waals surface area contributed by atoms with Crippen LogP contribution in [0.1, 0.15) is 6.92 Å². The first-order valence-corrected chi connectivity index (χ1v) is 3.56. The van der Waals surface area contributed by atoms with Gasteiger partial charge in [-0.15, -0.1) is 0 Å². The standard InChI is InChI=1S/C7H8O6/c1-2-3(4(8)9)7(2,5(10)11)6(12)13/h2-3H,1H3,(H,8,9)(H,10,11)(H,12,13)/t2-,3+/m1/s1. The van der Waals surface area contributed by atoms with Gasteiger partial charge >= 0.3 is 17.9 Å². The summed E-state index contributed by atoms with van der Waals surface area (Å²) in [6, 6.07) is 0. The minimum atomic E-state index is -2.12. The molecule has 0 aromatic carbocycles. The van der Waals surface area contributed by atoms with Crippen LogP contribution < -0.4 is 0 Å². The molecule has 0 amide bonds. The van der Waals surface area contributed by atoms with Crippen LogP contribution in [0.3, 0.4) is 0 Å². The third kappa shape index (κ3) is 0.912. The van der Waals surface area contributed by atoms with Gasteiger partial charge in [0.1, 0.15) is 0 Å². The van der Waals surface area contributed by atoms with E-state index in [2.05, 4.69) is 0 Å². The van der Waals surface area contributed by atoms with Gasteiger partial charge in [-0.2, -0.15) is 0 Å². The minimum absolute atomic E-state index is 0.861. The molecule has 2 atom stereocenters. The molecule has 1 aliphatic carbocycles. The first-order valence-electron chi connectivity index (χ1n) is 3.56. The summed E-state index contributed by atoms with van der Waals surface area (Å²) in [7, 11) is 0. The number of rotatable bonds is 3. The third-order valence-electron chi connectivity index (χ3n) is 2.57. The van der Waals surface area contributed by atoms with Gasteiger partial charge in [-0.25, -0.2) is 0 Å². The molecule has 3 N–H and O–H groups in total.